The molecule has 6 heterocycles. The largest absolute Gasteiger partial charge is 0.416 e. The second-order valence-electron chi connectivity index (χ2n) is 20.1. The summed E-state index contributed by atoms with van der Waals surface area (Å²) in [5.41, 5.74) is -8.01. The number of piperidine rings is 2. The van der Waals surface area contributed by atoms with E-state index < -0.39 is 93.4 Å². The van der Waals surface area contributed by atoms with Crippen molar-refractivity contribution in [1.29, 1.82) is 0 Å². The van der Waals surface area contributed by atoms with Crippen LogP contribution in [0, 0.1) is 0 Å². The number of carbonyl (C=O) groups excluding carboxylic acids is 4. The third-order valence-corrected chi connectivity index (χ3v) is 15.9. The third-order valence-electron chi connectivity index (χ3n) is 15.9. The lowest BCUT2D eigenvalue weighted by Gasteiger charge is -2.57. The Morgan fingerprint density at radius 2 is 0.789 bits per heavy atom. The van der Waals surface area contributed by atoms with E-state index in [0.717, 1.165) is 11.1 Å². The van der Waals surface area contributed by atoms with Crippen LogP contribution in [0.1, 0.15) is 96.2 Å². The van der Waals surface area contributed by atoms with Gasteiger partial charge in [-0.15, -0.1) is 0 Å². The minimum absolute atomic E-state index is 0.0403. The number of benzene rings is 4. The summed E-state index contributed by atoms with van der Waals surface area (Å²) in [7, 11) is 0. The first-order chi connectivity index (χ1) is 35.5. The monoisotopic (exact) mass is 1080 g/mol. The number of hydrogen-bond donors (Lipinski definition) is 2. The van der Waals surface area contributed by atoms with E-state index in [9.17, 15) is 71.9 Å². The lowest BCUT2D eigenvalue weighted by Crippen LogP contribution is -2.71. The maximum absolute atomic E-state index is 13.4. The fraction of sp³-hybridized carbons (Fsp3) is 0.462. The predicted molar refractivity (Wildman–Crippen MR) is 245 cm³/mol. The van der Waals surface area contributed by atoms with Crippen molar-refractivity contribution < 1.29 is 81.3 Å². The maximum Gasteiger partial charge on any atom is 0.416 e. The number of alkyl halides is 12. The predicted octanol–water partition coefficient (Wildman–Crippen LogP) is 10.2. The molecule has 10 rings (SSSR count). The van der Waals surface area contributed by atoms with Crippen molar-refractivity contribution in [3.63, 3.8) is 0 Å². The fourth-order valence-electron chi connectivity index (χ4n) is 11.7. The van der Waals surface area contributed by atoms with Crippen LogP contribution in [0.15, 0.2) is 97.1 Å². The van der Waals surface area contributed by atoms with Crippen molar-refractivity contribution in [2.75, 3.05) is 52.5 Å². The van der Waals surface area contributed by atoms with Gasteiger partial charge in [0.15, 0.2) is 0 Å². The van der Waals surface area contributed by atoms with Gasteiger partial charge in [-0.25, -0.2) is 9.59 Å². The number of nitrogens with one attached hydrogen (secondary N) is 2. The van der Waals surface area contributed by atoms with Gasteiger partial charge in [0.25, 0.3) is 11.8 Å². The molecule has 0 aliphatic carbocycles. The summed E-state index contributed by atoms with van der Waals surface area (Å²) in [5.74, 6) is -0.737. The highest BCUT2D eigenvalue weighted by molar-refractivity contribution is 6.08. The van der Waals surface area contributed by atoms with Crippen molar-refractivity contribution >= 4 is 23.9 Å². The van der Waals surface area contributed by atoms with E-state index in [1.54, 1.807) is 9.80 Å². The minimum atomic E-state index is -4.96. The Balaban J connectivity index is 0.000000186. The summed E-state index contributed by atoms with van der Waals surface area (Å²) in [6.45, 7) is 4.64. The highest BCUT2D eigenvalue weighted by Gasteiger charge is 2.63. The topological polar surface area (TPSA) is 124 Å². The summed E-state index contributed by atoms with van der Waals surface area (Å²) in [6, 6.07) is 20.5. The lowest BCUT2D eigenvalue weighted by atomic mass is 9.72. The van der Waals surface area contributed by atoms with Gasteiger partial charge in [0.05, 0.1) is 58.8 Å². The Bertz CT molecular complexity index is 2630. The van der Waals surface area contributed by atoms with Crippen LogP contribution >= 0.6 is 0 Å². The molecule has 4 aromatic rings. The van der Waals surface area contributed by atoms with Gasteiger partial charge in [-0.2, -0.15) is 52.7 Å². The van der Waals surface area contributed by atoms with Crippen LogP contribution in [0.25, 0.3) is 0 Å². The number of rotatable bonds is 10. The highest BCUT2D eigenvalue weighted by atomic mass is 19.4. The second kappa shape index (κ2) is 19.3. The normalized spacial score (nSPS) is 28.2. The number of nitrogens with zero attached hydrogens (tertiary/aromatic N) is 4. The van der Waals surface area contributed by atoms with E-state index in [1.807, 2.05) is 70.5 Å². The first kappa shape index (κ1) is 54.5. The Morgan fingerprint density at radius 1 is 0.474 bits per heavy atom. The molecule has 6 aliphatic heterocycles. The number of piperazine rings is 2. The van der Waals surface area contributed by atoms with Crippen LogP contribution in [0.5, 0.6) is 0 Å². The van der Waals surface area contributed by atoms with Gasteiger partial charge in [0, 0.05) is 39.3 Å². The van der Waals surface area contributed by atoms with E-state index in [1.165, 1.54) is 13.8 Å². The fourth-order valence-corrected chi connectivity index (χ4v) is 11.7. The molecule has 4 bridgehead atoms. The van der Waals surface area contributed by atoms with Gasteiger partial charge in [0.2, 0.25) is 0 Å². The number of amides is 6. The molecule has 0 aromatic heterocycles. The second-order valence-corrected chi connectivity index (χ2v) is 20.1. The van der Waals surface area contributed by atoms with Crippen molar-refractivity contribution in [3.05, 3.63) is 142 Å². The molecule has 6 saturated heterocycles. The summed E-state index contributed by atoms with van der Waals surface area (Å²) in [5, 5.41) is 4.77. The van der Waals surface area contributed by atoms with Crippen LogP contribution < -0.4 is 10.6 Å². The Kier molecular flexibility index (Phi) is 13.9. The average molecular weight is 1080 g/mol. The quantitative estimate of drug-likeness (QED) is 0.119. The average Bonchev–Trinajstić information content (AvgIpc) is 3.89. The highest BCUT2D eigenvalue weighted by Crippen LogP contribution is 2.50. The summed E-state index contributed by atoms with van der Waals surface area (Å²) in [4.78, 5) is 57.3. The Hall–Kier alpha value is -6.24. The molecule has 2 unspecified atom stereocenters. The molecule has 408 valence electrons. The molecule has 2 N–H and O–H groups in total. The van der Waals surface area contributed by atoms with Gasteiger partial charge >= 0.3 is 36.8 Å². The standard InChI is InChI=1S/2C26H25F6N3O3/c2*1-16(17-11-19(25(27,28)29)13-20(12-17)26(30,31)32)38-15-24(18-5-3-2-4-6-18)8-7-23-14-34(24)9-10-35(23)22(37)33-21(23)36/h2*2-6,11-13,16H,7-10,14-15H2,1H3,(H,33,36,37)/t16-,23+,24-;16-,23-,24-/m11/s1. The van der Waals surface area contributed by atoms with Gasteiger partial charge in [-0.3, -0.25) is 30.0 Å². The molecule has 6 aliphatic rings. The van der Waals surface area contributed by atoms with E-state index in [0.29, 0.717) is 76.1 Å². The van der Waals surface area contributed by atoms with Crippen LogP contribution in [0.4, 0.5) is 62.3 Å². The van der Waals surface area contributed by atoms with E-state index >= 15 is 0 Å². The number of carbonyl (C=O) groups is 4. The molecule has 6 fully saturated rings. The van der Waals surface area contributed by atoms with E-state index in [2.05, 4.69) is 10.6 Å². The molecule has 76 heavy (non-hydrogen) atoms. The van der Waals surface area contributed by atoms with Crippen molar-refractivity contribution in [3.8, 4) is 0 Å². The van der Waals surface area contributed by atoms with Crippen molar-refractivity contribution in [1.82, 2.24) is 30.2 Å². The molecular formula is C52H50F12N6O6. The van der Waals surface area contributed by atoms with Crippen LogP contribution in [-0.2, 0) is 54.8 Å². The zero-order valence-electron chi connectivity index (χ0n) is 40.7. The zero-order chi connectivity index (χ0) is 55.0. The lowest BCUT2D eigenvalue weighted by molar-refractivity contribution is -0.147. The number of ether oxygens (including phenoxy) is 2. The molecule has 12 nitrogen and oxygen atoms in total. The molecule has 8 atom stereocenters. The molecule has 4 aromatic carbocycles. The third kappa shape index (κ3) is 9.78. The van der Waals surface area contributed by atoms with Gasteiger partial charge in [0.1, 0.15) is 11.1 Å². The number of fused-ring (bicyclic) bond motifs is 2. The van der Waals surface area contributed by atoms with Gasteiger partial charge in [-0.05, 0) is 98.2 Å². The molecule has 2 spiro atoms. The zero-order valence-corrected chi connectivity index (χ0v) is 40.7. The SMILES string of the molecule is C[C@@H](OC[C@@]1(c2ccccc2)CC[C@@]23CN1CCN2C(=O)NC3=O)c1cc(C(F)(F)F)cc(C(F)(F)F)c1.C[C@@H](OC[C@@]1(c2ccccc2)CC[C@]23CN1CCN2C(=O)NC3=O)c1cc(C(F)(F)F)cc(C(F)(F)F)c1. The van der Waals surface area contributed by atoms with Crippen LogP contribution in [0.2, 0.25) is 0 Å². The first-order valence-corrected chi connectivity index (χ1v) is 24.2. The van der Waals surface area contributed by atoms with Crippen LogP contribution in [0.3, 0.4) is 0 Å². The Labute approximate surface area is 427 Å². The number of hydrogen-bond acceptors (Lipinski definition) is 8. The van der Waals surface area contributed by atoms with Crippen LogP contribution in [-0.4, -0.2) is 107 Å². The van der Waals surface area contributed by atoms with E-state index in [-0.39, 0.29) is 61.4 Å². The summed E-state index contributed by atoms with van der Waals surface area (Å²) < 4.78 is 173. The molecule has 0 saturated carbocycles. The number of urea groups is 2. The molecular weight excluding hydrogens is 1030 g/mol. The van der Waals surface area contributed by atoms with Gasteiger partial charge < -0.3 is 19.3 Å². The molecule has 0 radical (unpaired) electrons. The van der Waals surface area contributed by atoms with Crippen molar-refractivity contribution in [2.24, 2.45) is 0 Å². The first-order valence-electron chi connectivity index (χ1n) is 24.2. The van der Waals surface area contributed by atoms with Crippen molar-refractivity contribution in [2.45, 2.75) is 98.6 Å². The van der Waals surface area contributed by atoms with Gasteiger partial charge in [-0.1, -0.05) is 60.7 Å². The number of halogens is 12. The molecule has 6 amide bonds. The summed E-state index contributed by atoms with van der Waals surface area (Å²) in [6.07, 6.45) is -20.6. The number of imide groups is 2. The maximum atomic E-state index is 13.4. The Morgan fingerprint density at radius 3 is 1.09 bits per heavy atom. The van der Waals surface area contributed by atoms with E-state index in [4.69, 9.17) is 9.47 Å². The minimum Gasteiger partial charge on any atom is -0.372 e. The molecule has 24 heteroatoms. The smallest absolute Gasteiger partial charge is 0.372 e. The summed E-state index contributed by atoms with van der Waals surface area (Å²) >= 11 is 0.